The van der Waals surface area contributed by atoms with E-state index in [1.165, 1.54) is 17.0 Å². The van der Waals surface area contributed by atoms with Crippen molar-refractivity contribution in [3.05, 3.63) is 33.8 Å². The summed E-state index contributed by atoms with van der Waals surface area (Å²) in [5.41, 5.74) is 0.345. The highest BCUT2D eigenvalue weighted by molar-refractivity contribution is 6.42. The quantitative estimate of drug-likeness (QED) is 0.786. The lowest BCUT2D eigenvalue weighted by atomic mass is 10.1. The molecule has 1 aromatic rings. The first-order chi connectivity index (χ1) is 11.8. The number of amides is 2. The van der Waals surface area contributed by atoms with E-state index in [1.54, 1.807) is 6.07 Å². The van der Waals surface area contributed by atoms with E-state index in [4.69, 9.17) is 23.2 Å². The Labute approximate surface area is 156 Å². The van der Waals surface area contributed by atoms with Gasteiger partial charge < -0.3 is 15.3 Å². The molecule has 2 amide bonds. The second kappa shape index (κ2) is 8.54. The van der Waals surface area contributed by atoms with Gasteiger partial charge in [-0.1, -0.05) is 36.5 Å². The molecule has 2 unspecified atom stereocenters. The van der Waals surface area contributed by atoms with E-state index in [9.17, 15) is 19.5 Å². The lowest BCUT2D eigenvalue weighted by molar-refractivity contribution is -0.142. The highest BCUT2D eigenvalue weighted by Gasteiger charge is 2.36. The van der Waals surface area contributed by atoms with Gasteiger partial charge in [-0.15, -0.1) is 0 Å². The summed E-state index contributed by atoms with van der Waals surface area (Å²) in [6, 6.07) is 2.93. The molecule has 136 valence electrons. The van der Waals surface area contributed by atoms with Crippen LogP contribution in [0, 0.1) is 0 Å². The molecule has 2 atom stereocenters. The van der Waals surface area contributed by atoms with Gasteiger partial charge in [-0.25, -0.2) is 4.79 Å². The number of carbonyl (C=O) groups is 3. The average molecular weight is 387 g/mol. The maximum atomic E-state index is 12.7. The number of carbonyl (C=O) groups excluding carboxylic acids is 2. The number of aliphatic carboxylic acids is 1. The summed E-state index contributed by atoms with van der Waals surface area (Å²) in [7, 11) is 0. The summed E-state index contributed by atoms with van der Waals surface area (Å²) < 4.78 is 0. The van der Waals surface area contributed by atoms with Crippen LogP contribution in [-0.2, 0) is 9.59 Å². The Morgan fingerprint density at radius 2 is 2.04 bits per heavy atom. The van der Waals surface area contributed by atoms with E-state index in [-0.39, 0.29) is 10.9 Å². The fraction of sp³-hybridized carbons (Fsp3) is 0.471. The molecule has 6 nitrogen and oxygen atoms in total. The highest BCUT2D eigenvalue weighted by atomic mass is 35.5. The molecular formula is C17H20Cl2N2O4. The molecule has 1 aliphatic rings. The molecule has 2 rings (SSSR count). The number of rotatable bonds is 6. The van der Waals surface area contributed by atoms with Gasteiger partial charge in [-0.05, 0) is 37.5 Å². The number of nitrogens with zero attached hydrogens (tertiary/aromatic N) is 1. The van der Waals surface area contributed by atoms with Crippen LogP contribution >= 0.6 is 23.2 Å². The molecular weight excluding hydrogens is 367 g/mol. The molecule has 1 saturated heterocycles. The fourth-order valence-electron chi connectivity index (χ4n) is 2.89. The molecule has 2 N–H and O–H groups in total. The van der Waals surface area contributed by atoms with Crippen molar-refractivity contribution in [3.63, 3.8) is 0 Å². The Hall–Kier alpha value is -1.79. The predicted molar refractivity (Wildman–Crippen MR) is 95.0 cm³/mol. The summed E-state index contributed by atoms with van der Waals surface area (Å²) in [6.45, 7) is 2.28. The van der Waals surface area contributed by atoms with Crippen molar-refractivity contribution in [2.45, 2.75) is 44.7 Å². The van der Waals surface area contributed by atoms with Crippen LogP contribution in [0.2, 0.25) is 10.0 Å². The SMILES string of the molecule is CCCC(NC(=O)C1CCCN1C(=O)c1ccc(Cl)c(Cl)c1)C(=O)O. The Bertz CT molecular complexity index is 681. The molecule has 0 saturated carbocycles. The zero-order valence-electron chi connectivity index (χ0n) is 13.8. The van der Waals surface area contributed by atoms with Crippen LogP contribution in [-0.4, -0.2) is 46.4 Å². The molecule has 8 heteroatoms. The Kier molecular flexibility index (Phi) is 6.67. The standard InChI is InChI=1S/C17H20Cl2N2O4/c1-2-4-13(17(24)25)20-15(22)14-5-3-8-21(14)16(23)10-6-7-11(18)12(19)9-10/h6-7,9,13-14H,2-5,8H2,1H3,(H,20,22)(H,24,25). The van der Waals surface area contributed by atoms with Crippen molar-refractivity contribution in [2.75, 3.05) is 6.54 Å². The van der Waals surface area contributed by atoms with Gasteiger partial charge in [0.2, 0.25) is 5.91 Å². The minimum Gasteiger partial charge on any atom is -0.480 e. The van der Waals surface area contributed by atoms with E-state index >= 15 is 0 Å². The van der Waals surface area contributed by atoms with Crippen molar-refractivity contribution in [1.82, 2.24) is 10.2 Å². The Morgan fingerprint density at radius 3 is 2.64 bits per heavy atom. The van der Waals surface area contributed by atoms with E-state index in [0.717, 1.165) is 0 Å². The Balaban J connectivity index is 2.13. The van der Waals surface area contributed by atoms with Crippen LogP contribution in [0.4, 0.5) is 0 Å². The van der Waals surface area contributed by atoms with Crippen molar-refractivity contribution >= 4 is 41.0 Å². The number of carboxylic acids is 1. The number of likely N-dealkylation sites (tertiary alicyclic amines) is 1. The normalized spacial score (nSPS) is 18.0. The molecule has 1 aromatic carbocycles. The predicted octanol–water partition coefficient (Wildman–Crippen LogP) is 2.97. The first-order valence-electron chi connectivity index (χ1n) is 8.14. The summed E-state index contributed by atoms with van der Waals surface area (Å²) >= 11 is 11.8. The van der Waals surface area contributed by atoms with Gasteiger partial charge in [0.25, 0.3) is 5.91 Å². The summed E-state index contributed by atoms with van der Waals surface area (Å²) in [6.07, 6.45) is 2.15. The van der Waals surface area contributed by atoms with Crippen LogP contribution in [0.1, 0.15) is 43.0 Å². The maximum absolute atomic E-state index is 12.7. The number of hydrogen-bond donors (Lipinski definition) is 2. The van der Waals surface area contributed by atoms with Crippen LogP contribution in [0.3, 0.4) is 0 Å². The Morgan fingerprint density at radius 1 is 1.32 bits per heavy atom. The van der Waals surface area contributed by atoms with Gasteiger partial charge in [0, 0.05) is 12.1 Å². The molecule has 0 spiro atoms. The van der Waals surface area contributed by atoms with Crippen LogP contribution in [0.5, 0.6) is 0 Å². The third-order valence-electron chi connectivity index (χ3n) is 4.17. The van der Waals surface area contributed by atoms with Crippen molar-refractivity contribution in [1.29, 1.82) is 0 Å². The fourth-order valence-corrected chi connectivity index (χ4v) is 3.19. The van der Waals surface area contributed by atoms with Crippen LogP contribution < -0.4 is 5.32 Å². The zero-order chi connectivity index (χ0) is 18.6. The maximum Gasteiger partial charge on any atom is 0.326 e. The monoisotopic (exact) mass is 386 g/mol. The topological polar surface area (TPSA) is 86.7 Å². The highest BCUT2D eigenvalue weighted by Crippen LogP contribution is 2.26. The van der Waals surface area contributed by atoms with E-state index in [0.29, 0.717) is 42.8 Å². The van der Waals surface area contributed by atoms with Gasteiger partial charge in [-0.3, -0.25) is 9.59 Å². The molecule has 0 radical (unpaired) electrons. The smallest absolute Gasteiger partial charge is 0.326 e. The summed E-state index contributed by atoms with van der Waals surface area (Å²) in [4.78, 5) is 37.9. The third-order valence-corrected chi connectivity index (χ3v) is 4.91. The van der Waals surface area contributed by atoms with Crippen molar-refractivity contribution < 1.29 is 19.5 Å². The lowest BCUT2D eigenvalue weighted by Gasteiger charge is -2.25. The first-order valence-corrected chi connectivity index (χ1v) is 8.90. The molecule has 1 heterocycles. The lowest BCUT2D eigenvalue weighted by Crippen LogP contribution is -2.50. The number of carboxylic acid groups (broad SMARTS) is 1. The van der Waals surface area contributed by atoms with Gasteiger partial charge in [0.15, 0.2) is 0 Å². The minimum absolute atomic E-state index is 0.265. The van der Waals surface area contributed by atoms with Gasteiger partial charge in [0.05, 0.1) is 10.0 Å². The molecule has 1 aliphatic heterocycles. The van der Waals surface area contributed by atoms with Crippen LogP contribution in [0.15, 0.2) is 18.2 Å². The number of hydrogen-bond acceptors (Lipinski definition) is 3. The van der Waals surface area contributed by atoms with Crippen molar-refractivity contribution in [2.24, 2.45) is 0 Å². The first kappa shape index (κ1) is 19.5. The summed E-state index contributed by atoms with van der Waals surface area (Å²) in [5.74, 6) is -1.83. The largest absolute Gasteiger partial charge is 0.480 e. The molecule has 1 fully saturated rings. The third kappa shape index (κ3) is 4.64. The second-order valence-corrected chi connectivity index (χ2v) is 6.79. The van der Waals surface area contributed by atoms with Gasteiger partial charge in [-0.2, -0.15) is 0 Å². The van der Waals surface area contributed by atoms with E-state index < -0.39 is 24.0 Å². The molecule has 0 aromatic heterocycles. The van der Waals surface area contributed by atoms with Crippen LogP contribution in [0.25, 0.3) is 0 Å². The molecule has 25 heavy (non-hydrogen) atoms. The van der Waals surface area contributed by atoms with Crippen molar-refractivity contribution in [3.8, 4) is 0 Å². The molecule has 0 aliphatic carbocycles. The van der Waals surface area contributed by atoms with Gasteiger partial charge in [0.1, 0.15) is 12.1 Å². The second-order valence-electron chi connectivity index (χ2n) is 5.97. The molecule has 0 bridgehead atoms. The minimum atomic E-state index is -1.07. The average Bonchev–Trinajstić information content (AvgIpc) is 3.05. The van der Waals surface area contributed by atoms with Gasteiger partial charge >= 0.3 is 5.97 Å². The van der Waals surface area contributed by atoms with E-state index in [1.807, 2.05) is 6.92 Å². The number of nitrogens with one attached hydrogen (secondary N) is 1. The summed E-state index contributed by atoms with van der Waals surface area (Å²) in [5, 5.41) is 12.3. The van der Waals surface area contributed by atoms with E-state index in [2.05, 4.69) is 5.32 Å². The zero-order valence-corrected chi connectivity index (χ0v) is 15.3. The number of halogens is 2. The number of benzene rings is 1.